The van der Waals surface area contributed by atoms with E-state index in [9.17, 15) is 14.7 Å². The second-order valence-corrected chi connectivity index (χ2v) is 4.59. The van der Waals surface area contributed by atoms with Crippen LogP contribution in [-0.2, 0) is 9.53 Å². The van der Waals surface area contributed by atoms with Crippen molar-refractivity contribution in [1.82, 2.24) is 5.32 Å². The van der Waals surface area contributed by atoms with Crippen molar-refractivity contribution in [3.8, 4) is 0 Å². The summed E-state index contributed by atoms with van der Waals surface area (Å²) in [5.41, 5.74) is 1.43. The van der Waals surface area contributed by atoms with Gasteiger partial charge in [0.25, 0.3) is 0 Å². The van der Waals surface area contributed by atoms with E-state index in [1.165, 1.54) is 0 Å². The minimum atomic E-state index is -0.532. The van der Waals surface area contributed by atoms with Gasteiger partial charge in [0.15, 0.2) is 0 Å². The number of nitrogens with one attached hydrogen (secondary N) is 2. The molecule has 1 unspecified atom stereocenters. The lowest BCUT2D eigenvalue weighted by Gasteiger charge is -2.09. The van der Waals surface area contributed by atoms with E-state index in [0.29, 0.717) is 25.3 Å². The molecule has 0 saturated heterocycles. The van der Waals surface area contributed by atoms with Gasteiger partial charge in [-0.05, 0) is 38.0 Å². The zero-order chi connectivity index (χ0) is 15.7. The molecule has 1 aromatic carbocycles. The molecule has 0 radical (unpaired) electrons. The van der Waals surface area contributed by atoms with Gasteiger partial charge in [-0.15, -0.1) is 0 Å². The van der Waals surface area contributed by atoms with Crippen LogP contribution in [0, 0.1) is 0 Å². The summed E-state index contributed by atoms with van der Waals surface area (Å²) in [5, 5.41) is 14.7. The normalized spacial score (nSPS) is 11.6. The first kappa shape index (κ1) is 17.0. The fourth-order valence-electron chi connectivity index (χ4n) is 1.69. The molecule has 0 bridgehead atoms. The molecule has 2 amide bonds. The highest BCUT2D eigenvalue weighted by Crippen LogP contribution is 2.15. The monoisotopic (exact) mass is 294 g/mol. The number of anilines is 1. The van der Waals surface area contributed by atoms with Gasteiger partial charge in [-0.1, -0.05) is 12.1 Å². The molecule has 0 aromatic heterocycles. The molecule has 6 nitrogen and oxygen atoms in total. The molecule has 116 valence electrons. The second kappa shape index (κ2) is 8.97. The summed E-state index contributed by atoms with van der Waals surface area (Å²) in [6, 6.07) is 6.62. The second-order valence-electron chi connectivity index (χ2n) is 4.59. The first-order valence-electron chi connectivity index (χ1n) is 7.01. The lowest BCUT2D eigenvalue weighted by atomic mass is 10.1. The van der Waals surface area contributed by atoms with Crippen LogP contribution in [0.5, 0.6) is 0 Å². The number of benzene rings is 1. The molecule has 6 heteroatoms. The highest BCUT2D eigenvalue weighted by Gasteiger charge is 2.05. The van der Waals surface area contributed by atoms with Gasteiger partial charge in [0.05, 0.1) is 12.7 Å². The molecule has 1 rings (SSSR count). The number of hydrogen-bond acceptors (Lipinski definition) is 4. The van der Waals surface area contributed by atoms with Crippen molar-refractivity contribution in [1.29, 1.82) is 0 Å². The Bertz CT molecular complexity index is 457. The molecule has 0 aliphatic rings. The topological polar surface area (TPSA) is 87.7 Å². The van der Waals surface area contributed by atoms with Crippen molar-refractivity contribution in [2.24, 2.45) is 0 Å². The smallest absolute Gasteiger partial charge is 0.319 e. The molecule has 0 fully saturated rings. The van der Waals surface area contributed by atoms with Crippen LogP contribution in [0.1, 0.15) is 38.4 Å². The summed E-state index contributed by atoms with van der Waals surface area (Å²) in [7, 11) is 0. The fraction of sp³-hybridized carbons (Fsp3) is 0.467. The van der Waals surface area contributed by atoms with E-state index >= 15 is 0 Å². The van der Waals surface area contributed by atoms with Crippen LogP contribution >= 0.6 is 0 Å². The Morgan fingerprint density at radius 1 is 1.29 bits per heavy atom. The van der Waals surface area contributed by atoms with E-state index in [-0.39, 0.29) is 18.4 Å². The zero-order valence-corrected chi connectivity index (χ0v) is 12.4. The molecule has 1 atom stereocenters. The summed E-state index contributed by atoms with van der Waals surface area (Å²) >= 11 is 0. The Balaban J connectivity index is 2.26. The number of aliphatic hydroxyl groups is 1. The first-order chi connectivity index (χ1) is 10.0. The number of urea groups is 1. The van der Waals surface area contributed by atoms with E-state index in [1.54, 1.807) is 38.1 Å². The molecule has 0 aliphatic carbocycles. The number of carbonyl (C=O) groups excluding carboxylic acids is 2. The molecule has 0 aliphatic heterocycles. The Morgan fingerprint density at radius 2 is 1.95 bits per heavy atom. The van der Waals surface area contributed by atoms with E-state index in [1.807, 2.05) is 0 Å². The van der Waals surface area contributed by atoms with Gasteiger partial charge in [-0.2, -0.15) is 0 Å². The lowest BCUT2D eigenvalue weighted by Crippen LogP contribution is -2.29. The number of carbonyl (C=O) groups is 2. The average Bonchev–Trinajstić information content (AvgIpc) is 2.44. The largest absolute Gasteiger partial charge is 0.466 e. The van der Waals surface area contributed by atoms with Crippen molar-refractivity contribution in [3.63, 3.8) is 0 Å². The molecule has 0 saturated carbocycles. The van der Waals surface area contributed by atoms with Gasteiger partial charge < -0.3 is 20.5 Å². The Kier molecular flexibility index (Phi) is 7.25. The molecule has 3 N–H and O–H groups in total. The summed E-state index contributed by atoms with van der Waals surface area (Å²) in [4.78, 5) is 22.7. The van der Waals surface area contributed by atoms with Gasteiger partial charge in [0.1, 0.15) is 0 Å². The van der Waals surface area contributed by atoms with E-state index < -0.39 is 6.10 Å². The molecular formula is C15H22N2O4. The van der Waals surface area contributed by atoms with Gasteiger partial charge in [-0.25, -0.2) is 4.79 Å². The minimum absolute atomic E-state index is 0.256. The van der Waals surface area contributed by atoms with Crippen LogP contribution < -0.4 is 10.6 Å². The average molecular weight is 294 g/mol. The number of hydrogen-bond donors (Lipinski definition) is 3. The third-order valence-electron chi connectivity index (χ3n) is 2.80. The maximum atomic E-state index is 11.6. The minimum Gasteiger partial charge on any atom is -0.466 e. The molecular weight excluding hydrogens is 272 g/mol. The van der Waals surface area contributed by atoms with E-state index in [0.717, 1.165) is 5.56 Å². The van der Waals surface area contributed by atoms with Crippen LogP contribution in [0.25, 0.3) is 0 Å². The van der Waals surface area contributed by atoms with Crippen molar-refractivity contribution >= 4 is 17.7 Å². The third kappa shape index (κ3) is 6.76. The predicted octanol–water partition coefficient (Wildman–Crippen LogP) is 2.20. The Labute approximate surface area is 124 Å². The van der Waals surface area contributed by atoms with Gasteiger partial charge in [0.2, 0.25) is 0 Å². The number of rotatable bonds is 7. The molecule has 21 heavy (non-hydrogen) atoms. The highest BCUT2D eigenvalue weighted by molar-refractivity contribution is 5.89. The fourth-order valence-corrected chi connectivity index (χ4v) is 1.69. The zero-order valence-electron chi connectivity index (χ0n) is 12.4. The molecule has 0 spiro atoms. The Morgan fingerprint density at radius 3 is 2.52 bits per heavy atom. The first-order valence-corrected chi connectivity index (χ1v) is 7.01. The standard InChI is InChI=1S/C15H22N2O4/c1-3-21-14(19)5-4-10-16-15(20)17-13-8-6-12(7-9-13)11(2)18/h6-9,11,18H,3-5,10H2,1-2H3,(H2,16,17,20). The van der Waals surface area contributed by atoms with Crippen LogP contribution in [0.4, 0.5) is 10.5 Å². The Hall–Kier alpha value is -2.08. The van der Waals surface area contributed by atoms with Crippen molar-refractivity contribution < 1.29 is 19.4 Å². The van der Waals surface area contributed by atoms with E-state index in [4.69, 9.17) is 4.74 Å². The van der Waals surface area contributed by atoms with Crippen LogP contribution in [-0.4, -0.2) is 30.3 Å². The van der Waals surface area contributed by atoms with Crippen molar-refractivity contribution in [2.45, 2.75) is 32.8 Å². The summed E-state index contributed by atoms with van der Waals surface area (Å²) < 4.78 is 4.79. The highest BCUT2D eigenvalue weighted by atomic mass is 16.5. The van der Waals surface area contributed by atoms with Crippen LogP contribution in [0.2, 0.25) is 0 Å². The lowest BCUT2D eigenvalue weighted by molar-refractivity contribution is -0.143. The quantitative estimate of drug-likeness (QED) is 0.531. The summed E-state index contributed by atoms with van der Waals surface area (Å²) in [5.74, 6) is -0.256. The van der Waals surface area contributed by atoms with Crippen molar-refractivity contribution in [2.75, 3.05) is 18.5 Å². The van der Waals surface area contributed by atoms with Crippen molar-refractivity contribution in [3.05, 3.63) is 29.8 Å². The number of ether oxygens (including phenoxy) is 1. The SMILES string of the molecule is CCOC(=O)CCCNC(=O)Nc1ccc(C(C)O)cc1. The predicted molar refractivity (Wildman–Crippen MR) is 80.0 cm³/mol. The molecule has 0 heterocycles. The number of aliphatic hydroxyl groups excluding tert-OH is 1. The van der Waals surface area contributed by atoms with E-state index in [2.05, 4.69) is 10.6 Å². The van der Waals surface area contributed by atoms with Gasteiger partial charge in [-0.3, -0.25) is 4.79 Å². The summed E-state index contributed by atoms with van der Waals surface area (Å²) in [6.45, 7) is 4.21. The third-order valence-corrected chi connectivity index (χ3v) is 2.80. The van der Waals surface area contributed by atoms with Gasteiger partial charge >= 0.3 is 12.0 Å². The van der Waals surface area contributed by atoms with Crippen LogP contribution in [0.3, 0.4) is 0 Å². The molecule has 1 aromatic rings. The number of esters is 1. The van der Waals surface area contributed by atoms with Crippen LogP contribution in [0.15, 0.2) is 24.3 Å². The number of amides is 2. The maximum Gasteiger partial charge on any atom is 0.319 e. The van der Waals surface area contributed by atoms with Gasteiger partial charge in [0, 0.05) is 18.7 Å². The summed E-state index contributed by atoms with van der Waals surface area (Å²) in [6.07, 6.45) is 0.292. The maximum absolute atomic E-state index is 11.6.